The Bertz CT molecular complexity index is 314. The Morgan fingerprint density at radius 3 is 2.24 bits per heavy atom. The van der Waals surface area contributed by atoms with Gasteiger partial charge in [0.15, 0.2) is 0 Å². The number of piperazine rings is 1. The Kier molecular flexibility index (Phi) is 5.76. The Labute approximate surface area is 133 Å². The lowest BCUT2D eigenvalue weighted by Gasteiger charge is -2.52. The van der Waals surface area contributed by atoms with Crippen molar-refractivity contribution in [3.8, 4) is 0 Å². The van der Waals surface area contributed by atoms with Gasteiger partial charge in [0.05, 0.1) is 0 Å². The molecule has 1 aliphatic carbocycles. The van der Waals surface area contributed by atoms with Crippen LogP contribution in [0.1, 0.15) is 79.6 Å². The second-order valence-electron chi connectivity index (χ2n) is 8.46. The van der Waals surface area contributed by atoms with E-state index < -0.39 is 0 Å². The predicted octanol–water partition coefficient (Wildman–Crippen LogP) is 4.45. The summed E-state index contributed by atoms with van der Waals surface area (Å²) in [5.74, 6) is 0.747. The van der Waals surface area contributed by atoms with Gasteiger partial charge in [-0.3, -0.25) is 4.90 Å². The highest BCUT2D eigenvalue weighted by Gasteiger charge is 2.40. The molecule has 0 aromatic heterocycles. The van der Waals surface area contributed by atoms with E-state index in [0.29, 0.717) is 11.0 Å². The zero-order valence-electron chi connectivity index (χ0n) is 15.2. The summed E-state index contributed by atoms with van der Waals surface area (Å²) >= 11 is 0. The van der Waals surface area contributed by atoms with Gasteiger partial charge in [-0.25, -0.2) is 0 Å². The molecule has 2 nitrogen and oxygen atoms in total. The van der Waals surface area contributed by atoms with Gasteiger partial charge in [-0.15, -0.1) is 0 Å². The van der Waals surface area contributed by atoms with Crippen LogP contribution in [0.3, 0.4) is 0 Å². The van der Waals surface area contributed by atoms with Crippen molar-refractivity contribution in [3.63, 3.8) is 0 Å². The van der Waals surface area contributed by atoms with Crippen LogP contribution in [0.2, 0.25) is 0 Å². The first-order chi connectivity index (χ1) is 9.94. The minimum absolute atomic E-state index is 0.358. The Morgan fingerprint density at radius 2 is 1.71 bits per heavy atom. The lowest BCUT2D eigenvalue weighted by Crippen LogP contribution is -2.66. The first kappa shape index (κ1) is 17.3. The molecule has 2 rings (SSSR count). The zero-order chi connectivity index (χ0) is 15.5. The average molecular weight is 295 g/mol. The molecule has 2 heteroatoms. The van der Waals surface area contributed by atoms with E-state index in [1.54, 1.807) is 0 Å². The van der Waals surface area contributed by atoms with Gasteiger partial charge in [0.1, 0.15) is 0 Å². The summed E-state index contributed by atoms with van der Waals surface area (Å²) in [6, 6.07) is 0.718. The van der Waals surface area contributed by atoms with E-state index in [2.05, 4.69) is 44.8 Å². The van der Waals surface area contributed by atoms with Crippen molar-refractivity contribution in [1.29, 1.82) is 0 Å². The van der Waals surface area contributed by atoms with E-state index in [-0.39, 0.29) is 0 Å². The summed E-state index contributed by atoms with van der Waals surface area (Å²) in [6.07, 6.45) is 9.73. The largest absolute Gasteiger partial charge is 0.308 e. The first-order valence-electron chi connectivity index (χ1n) is 9.43. The van der Waals surface area contributed by atoms with Crippen molar-refractivity contribution in [1.82, 2.24) is 10.2 Å². The predicted molar refractivity (Wildman–Crippen MR) is 92.7 cm³/mol. The smallest absolute Gasteiger partial charge is 0.0304 e. The third kappa shape index (κ3) is 4.01. The van der Waals surface area contributed by atoms with E-state index >= 15 is 0 Å². The molecule has 0 amide bonds. The van der Waals surface area contributed by atoms with Gasteiger partial charge in [0.25, 0.3) is 0 Å². The topological polar surface area (TPSA) is 15.3 Å². The molecule has 1 atom stereocenters. The molecule has 124 valence electrons. The molecule has 1 saturated heterocycles. The van der Waals surface area contributed by atoms with Gasteiger partial charge in [-0.2, -0.15) is 0 Å². The molecule has 0 aromatic rings. The van der Waals surface area contributed by atoms with Crippen LogP contribution in [0.25, 0.3) is 0 Å². The van der Waals surface area contributed by atoms with E-state index in [1.165, 1.54) is 64.6 Å². The van der Waals surface area contributed by atoms with Gasteiger partial charge in [-0.05, 0) is 37.0 Å². The quantitative estimate of drug-likeness (QED) is 0.806. The molecular formula is C19H38N2. The molecule has 0 spiro atoms. The molecular weight excluding hydrogens is 256 g/mol. The summed E-state index contributed by atoms with van der Waals surface area (Å²) in [4.78, 5) is 2.86. The van der Waals surface area contributed by atoms with Crippen LogP contribution in [0, 0.1) is 11.3 Å². The van der Waals surface area contributed by atoms with Crippen LogP contribution in [-0.4, -0.2) is 36.1 Å². The maximum atomic E-state index is 3.90. The normalized spacial score (nSPS) is 29.7. The maximum Gasteiger partial charge on any atom is 0.0304 e. The summed E-state index contributed by atoms with van der Waals surface area (Å²) in [6.45, 7) is 15.8. The number of hydrogen-bond donors (Lipinski definition) is 1. The molecule has 1 unspecified atom stereocenters. The van der Waals surface area contributed by atoms with Crippen LogP contribution >= 0.6 is 0 Å². The van der Waals surface area contributed by atoms with Gasteiger partial charge < -0.3 is 5.32 Å². The molecule has 0 aromatic carbocycles. The molecule has 0 bridgehead atoms. The van der Waals surface area contributed by atoms with Crippen molar-refractivity contribution in [3.05, 3.63) is 0 Å². The molecule has 1 saturated carbocycles. The second-order valence-corrected chi connectivity index (χ2v) is 8.46. The fraction of sp³-hybridized carbons (Fsp3) is 1.00. The maximum absolute atomic E-state index is 3.90. The highest BCUT2D eigenvalue weighted by atomic mass is 15.3. The van der Waals surface area contributed by atoms with Crippen LogP contribution in [0.4, 0.5) is 0 Å². The first-order valence-corrected chi connectivity index (χ1v) is 9.43. The number of nitrogens with zero attached hydrogens (tertiary/aromatic N) is 1. The molecule has 1 N–H and O–H groups in total. The van der Waals surface area contributed by atoms with E-state index in [1.807, 2.05) is 0 Å². The van der Waals surface area contributed by atoms with Crippen LogP contribution in [0.15, 0.2) is 0 Å². The standard InChI is InChI=1S/C19H38N2/c1-6-19(7-2)15-21(17(13-20-19)16(3)4)14-18(5)11-9-8-10-12-18/h16-17,20H,6-15H2,1-5H3. The SMILES string of the molecule is CCC1(CC)CN(CC2(C)CCCCC2)C(C(C)C)CN1. The second kappa shape index (κ2) is 7.00. The zero-order valence-corrected chi connectivity index (χ0v) is 15.2. The number of hydrogen-bond acceptors (Lipinski definition) is 2. The number of rotatable bonds is 5. The van der Waals surface area contributed by atoms with Crippen molar-refractivity contribution < 1.29 is 0 Å². The van der Waals surface area contributed by atoms with Gasteiger partial charge in [0.2, 0.25) is 0 Å². The van der Waals surface area contributed by atoms with E-state index in [4.69, 9.17) is 0 Å². The highest BCUT2D eigenvalue weighted by Crippen LogP contribution is 2.38. The Morgan fingerprint density at radius 1 is 1.10 bits per heavy atom. The Hall–Kier alpha value is -0.0800. The molecule has 1 heterocycles. The fourth-order valence-electron chi connectivity index (χ4n) is 4.62. The van der Waals surface area contributed by atoms with E-state index in [0.717, 1.165) is 12.0 Å². The fourth-order valence-corrected chi connectivity index (χ4v) is 4.62. The molecule has 2 fully saturated rings. The lowest BCUT2D eigenvalue weighted by atomic mass is 9.74. The molecule has 21 heavy (non-hydrogen) atoms. The monoisotopic (exact) mass is 294 g/mol. The third-order valence-electron chi connectivity index (χ3n) is 6.43. The lowest BCUT2D eigenvalue weighted by molar-refractivity contribution is 0.00935. The van der Waals surface area contributed by atoms with Crippen LogP contribution in [-0.2, 0) is 0 Å². The van der Waals surface area contributed by atoms with E-state index in [9.17, 15) is 0 Å². The Balaban J connectivity index is 2.10. The molecule has 0 radical (unpaired) electrons. The minimum atomic E-state index is 0.358. The van der Waals surface area contributed by atoms with Crippen LogP contribution < -0.4 is 5.32 Å². The summed E-state index contributed by atoms with van der Waals surface area (Å²) in [5.41, 5.74) is 0.923. The highest BCUT2D eigenvalue weighted by molar-refractivity contribution is 4.99. The van der Waals surface area contributed by atoms with Crippen LogP contribution in [0.5, 0.6) is 0 Å². The minimum Gasteiger partial charge on any atom is -0.308 e. The number of nitrogens with one attached hydrogen (secondary N) is 1. The average Bonchev–Trinajstić information content (AvgIpc) is 2.47. The summed E-state index contributed by atoms with van der Waals surface area (Å²) in [7, 11) is 0. The van der Waals surface area contributed by atoms with Crippen molar-refractivity contribution in [2.24, 2.45) is 11.3 Å². The van der Waals surface area contributed by atoms with Crippen molar-refractivity contribution >= 4 is 0 Å². The summed E-state index contributed by atoms with van der Waals surface area (Å²) in [5, 5.41) is 3.90. The van der Waals surface area contributed by atoms with Gasteiger partial charge in [0, 0.05) is 31.2 Å². The van der Waals surface area contributed by atoms with Crippen molar-refractivity contribution in [2.45, 2.75) is 91.1 Å². The molecule has 1 aliphatic heterocycles. The summed E-state index contributed by atoms with van der Waals surface area (Å²) < 4.78 is 0. The third-order valence-corrected chi connectivity index (χ3v) is 6.43. The van der Waals surface area contributed by atoms with Crippen molar-refractivity contribution in [2.75, 3.05) is 19.6 Å². The van der Waals surface area contributed by atoms with Gasteiger partial charge >= 0.3 is 0 Å². The molecule has 2 aliphatic rings. The van der Waals surface area contributed by atoms with Gasteiger partial charge in [-0.1, -0.05) is 53.9 Å².